The van der Waals surface area contributed by atoms with Gasteiger partial charge in [0.2, 0.25) is 0 Å². The third-order valence-corrected chi connectivity index (χ3v) is 4.90. The molecule has 8 heteroatoms. The Labute approximate surface area is 174 Å². The van der Waals surface area contributed by atoms with Crippen molar-refractivity contribution in [3.05, 3.63) is 78.9 Å². The Morgan fingerprint density at radius 1 is 1.10 bits per heavy atom. The Kier molecular flexibility index (Phi) is 5.76. The van der Waals surface area contributed by atoms with Gasteiger partial charge in [-0.1, -0.05) is 18.7 Å². The highest BCUT2D eigenvalue weighted by atomic mass is 16.5. The Morgan fingerprint density at radius 2 is 1.90 bits per heavy atom. The first-order valence-corrected chi connectivity index (χ1v) is 9.71. The summed E-state index contributed by atoms with van der Waals surface area (Å²) in [4.78, 5) is 20.7. The first kappa shape index (κ1) is 19.7. The van der Waals surface area contributed by atoms with Crippen molar-refractivity contribution in [2.75, 3.05) is 26.2 Å². The molecular weight excluding hydrogens is 382 g/mol. The van der Waals surface area contributed by atoms with Crippen molar-refractivity contribution in [2.45, 2.75) is 6.54 Å². The number of piperazine rings is 1. The summed E-state index contributed by atoms with van der Waals surface area (Å²) in [5.41, 5.74) is 1.45. The van der Waals surface area contributed by atoms with E-state index in [2.05, 4.69) is 27.6 Å². The first-order chi connectivity index (χ1) is 14.6. The first-order valence-electron chi connectivity index (χ1n) is 9.71. The van der Waals surface area contributed by atoms with Gasteiger partial charge in [-0.25, -0.2) is 4.79 Å². The fourth-order valence-electron chi connectivity index (χ4n) is 3.34. The van der Waals surface area contributed by atoms with Gasteiger partial charge >= 0.3 is 6.03 Å². The van der Waals surface area contributed by atoms with Crippen molar-refractivity contribution in [1.82, 2.24) is 24.6 Å². The zero-order valence-corrected chi connectivity index (χ0v) is 16.5. The molecule has 0 bridgehead atoms. The van der Waals surface area contributed by atoms with Crippen LogP contribution in [0.1, 0.15) is 11.3 Å². The molecule has 0 spiro atoms. The topological polar surface area (TPSA) is 83.7 Å². The molecule has 0 saturated carbocycles. The molecule has 3 aromatic rings. The van der Waals surface area contributed by atoms with E-state index in [1.807, 2.05) is 30.3 Å². The summed E-state index contributed by atoms with van der Waals surface area (Å²) < 4.78 is 7.10. The van der Waals surface area contributed by atoms with Crippen molar-refractivity contribution in [3.8, 4) is 11.5 Å². The Balaban J connectivity index is 1.32. The third-order valence-electron chi connectivity index (χ3n) is 4.90. The monoisotopic (exact) mass is 405 g/mol. The van der Waals surface area contributed by atoms with Crippen molar-refractivity contribution in [1.29, 1.82) is 0 Å². The maximum atomic E-state index is 12.6. The highest BCUT2D eigenvalue weighted by Gasteiger charge is 2.23. The minimum atomic E-state index is -0.200. The number of rotatable bonds is 5. The van der Waals surface area contributed by atoms with Gasteiger partial charge in [-0.05, 0) is 35.9 Å². The average Bonchev–Trinajstić information content (AvgIpc) is 3.26. The number of ether oxygens (including phenoxy) is 1. The van der Waals surface area contributed by atoms with Crippen molar-refractivity contribution < 1.29 is 14.6 Å². The fraction of sp³-hybridized carbons (Fsp3) is 0.227. The molecule has 1 saturated heterocycles. The largest absolute Gasteiger partial charge is 0.506 e. The van der Waals surface area contributed by atoms with Gasteiger partial charge in [-0.2, -0.15) is 9.78 Å². The summed E-state index contributed by atoms with van der Waals surface area (Å²) >= 11 is 0. The summed E-state index contributed by atoms with van der Waals surface area (Å²) in [5, 5.41) is 13.5. The van der Waals surface area contributed by atoms with Crippen molar-refractivity contribution in [2.24, 2.45) is 0 Å². The molecule has 3 heterocycles. The van der Waals surface area contributed by atoms with Crippen LogP contribution in [0.5, 0.6) is 11.5 Å². The molecule has 0 atom stereocenters. The van der Waals surface area contributed by atoms with E-state index in [1.54, 1.807) is 29.6 Å². The van der Waals surface area contributed by atoms with Crippen LogP contribution in [0, 0.1) is 0 Å². The molecule has 1 aliphatic rings. The number of aromatic nitrogens is 3. The highest BCUT2D eigenvalue weighted by molar-refractivity contribution is 5.76. The van der Waals surface area contributed by atoms with Crippen molar-refractivity contribution in [3.63, 3.8) is 0 Å². The lowest BCUT2D eigenvalue weighted by molar-refractivity contribution is 0.134. The van der Waals surface area contributed by atoms with Gasteiger partial charge in [0.25, 0.3) is 0 Å². The van der Waals surface area contributed by atoms with E-state index >= 15 is 0 Å². The maximum absolute atomic E-state index is 12.6. The molecule has 2 aromatic heterocycles. The summed E-state index contributed by atoms with van der Waals surface area (Å²) in [6, 6.07) is 13.1. The number of amides is 1. The molecule has 1 aliphatic heterocycles. The van der Waals surface area contributed by atoms with Crippen LogP contribution >= 0.6 is 0 Å². The van der Waals surface area contributed by atoms with E-state index in [4.69, 9.17) is 4.74 Å². The number of hydrogen-bond donors (Lipinski definition) is 1. The average molecular weight is 405 g/mol. The van der Waals surface area contributed by atoms with E-state index in [9.17, 15) is 9.90 Å². The molecule has 1 aromatic carbocycles. The standard InChI is InChI=1S/C22H23N5O3/c1-17(28)21-7-9-27(24-21)22(29)26-12-10-25(11-13-26)16-18-4-2-5-19(14-18)30-20-6-3-8-23-15-20/h2-9,14-15,28H,1,10-13,16H2. The maximum Gasteiger partial charge on any atom is 0.344 e. The number of carbonyl (C=O) groups is 1. The summed E-state index contributed by atoms with van der Waals surface area (Å²) in [7, 11) is 0. The SMILES string of the molecule is C=C(O)c1ccn(C(=O)N2CCN(Cc3cccc(Oc4cccnc4)c3)CC2)n1. The van der Waals surface area contributed by atoms with E-state index in [1.165, 1.54) is 4.68 Å². The van der Waals surface area contributed by atoms with Gasteiger partial charge in [0, 0.05) is 45.1 Å². The van der Waals surface area contributed by atoms with Crippen LogP contribution in [0.2, 0.25) is 0 Å². The van der Waals surface area contributed by atoms with Crippen LogP contribution in [0.3, 0.4) is 0 Å². The summed E-state index contributed by atoms with van der Waals surface area (Å²) in [6.07, 6.45) is 4.93. The molecule has 0 unspecified atom stereocenters. The van der Waals surface area contributed by atoms with Gasteiger partial charge in [0.1, 0.15) is 23.0 Å². The number of hydrogen-bond acceptors (Lipinski definition) is 6. The lowest BCUT2D eigenvalue weighted by atomic mass is 10.2. The second-order valence-corrected chi connectivity index (χ2v) is 7.08. The number of nitrogens with zero attached hydrogens (tertiary/aromatic N) is 5. The Hall–Kier alpha value is -3.65. The molecule has 154 valence electrons. The molecule has 0 radical (unpaired) electrons. The van der Waals surface area contributed by atoms with Crippen molar-refractivity contribution >= 4 is 11.8 Å². The van der Waals surface area contributed by atoms with Crippen LogP contribution in [-0.4, -0.2) is 61.9 Å². The minimum absolute atomic E-state index is 0.152. The molecule has 1 amide bonds. The van der Waals surface area contributed by atoms with E-state index < -0.39 is 0 Å². The van der Waals surface area contributed by atoms with E-state index in [-0.39, 0.29) is 11.8 Å². The minimum Gasteiger partial charge on any atom is -0.506 e. The third kappa shape index (κ3) is 4.66. The molecule has 30 heavy (non-hydrogen) atoms. The van der Waals surface area contributed by atoms with Gasteiger partial charge in [0.15, 0.2) is 0 Å². The Morgan fingerprint density at radius 3 is 2.60 bits per heavy atom. The number of carbonyl (C=O) groups excluding carboxylic acids is 1. The quantitative estimate of drug-likeness (QED) is 0.655. The second kappa shape index (κ2) is 8.79. The van der Waals surface area contributed by atoms with Gasteiger partial charge in [-0.15, -0.1) is 0 Å². The molecular formula is C22H23N5O3. The molecule has 1 N–H and O–H groups in total. The van der Waals surface area contributed by atoms with Crippen LogP contribution < -0.4 is 4.74 Å². The number of aliphatic hydroxyl groups is 1. The summed E-state index contributed by atoms with van der Waals surface area (Å²) in [6.45, 7) is 6.96. The molecule has 1 fully saturated rings. The predicted octanol–water partition coefficient (Wildman–Crippen LogP) is 3.39. The normalized spacial score (nSPS) is 14.5. The van der Waals surface area contributed by atoms with Crippen LogP contribution in [0.25, 0.3) is 5.76 Å². The lowest BCUT2D eigenvalue weighted by Gasteiger charge is -2.34. The van der Waals surface area contributed by atoms with Crippen LogP contribution in [-0.2, 0) is 6.54 Å². The van der Waals surface area contributed by atoms with Gasteiger partial charge < -0.3 is 14.7 Å². The zero-order valence-electron chi connectivity index (χ0n) is 16.5. The molecule has 0 aliphatic carbocycles. The second-order valence-electron chi connectivity index (χ2n) is 7.08. The van der Waals surface area contributed by atoms with Crippen LogP contribution in [0.4, 0.5) is 4.79 Å². The number of pyridine rings is 1. The molecule has 8 nitrogen and oxygen atoms in total. The van der Waals surface area contributed by atoms with E-state index in [0.29, 0.717) is 24.5 Å². The smallest absolute Gasteiger partial charge is 0.344 e. The number of aliphatic hydroxyl groups excluding tert-OH is 1. The highest BCUT2D eigenvalue weighted by Crippen LogP contribution is 2.22. The molecule has 4 rings (SSSR count). The fourth-order valence-corrected chi connectivity index (χ4v) is 3.34. The number of benzene rings is 1. The summed E-state index contributed by atoms with van der Waals surface area (Å²) in [5.74, 6) is 1.32. The van der Waals surface area contributed by atoms with Gasteiger partial charge in [0.05, 0.1) is 6.20 Å². The lowest BCUT2D eigenvalue weighted by Crippen LogP contribution is -2.49. The predicted molar refractivity (Wildman–Crippen MR) is 112 cm³/mol. The Bertz CT molecular complexity index is 1030. The van der Waals surface area contributed by atoms with E-state index in [0.717, 1.165) is 30.9 Å². The van der Waals surface area contributed by atoms with Gasteiger partial charge in [-0.3, -0.25) is 9.88 Å². The zero-order chi connectivity index (χ0) is 20.9. The van der Waals surface area contributed by atoms with Crippen LogP contribution in [0.15, 0.2) is 67.6 Å².